The first-order valence-corrected chi connectivity index (χ1v) is 6.52. The molecule has 1 aliphatic carbocycles. The van der Waals surface area contributed by atoms with E-state index in [1.54, 1.807) is 0 Å². The number of carboxylic acids is 1. The van der Waals surface area contributed by atoms with Crippen LogP contribution in [0, 0.1) is 0 Å². The van der Waals surface area contributed by atoms with Crippen molar-refractivity contribution in [3.8, 4) is 5.75 Å². The molecule has 0 saturated carbocycles. The van der Waals surface area contributed by atoms with Crippen LogP contribution in [-0.2, 0) is 19.4 Å². The summed E-state index contributed by atoms with van der Waals surface area (Å²) in [5.74, 6) is -0.771. The number of nitrogens with zero attached hydrogens (tertiary/aromatic N) is 2. The molecule has 1 aromatic carbocycles. The predicted octanol–water partition coefficient (Wildman–Crippen LogP) is 2.23. The van der Waals surface area contributed by atoms with Crippen LogP contribution < -0.4 is 4.74 Å². The lowest BCUT2D eigenvalue weighted by molar-refractivity contribution is 0.0649. The quantitative estimate of drug-likeness (QED) is 0.920. The molecule has 0 spiro atoms. The molecule has 3 rings (SSSR count). The minimum Gasteiger partial charge on any atom is -0.484 e. The van der Waals surface area contributed by atoms with Crippen LogP contribution in [0.1, 0.15) is 40.5 Å². The third-order valence-electron chi connectivity index (χ3n) is 3.33. The first-order chi connectivity index (χ1) is 9.72. The van der Waals surface area contributed by atoms with E-state index >= 15 is 0 Å². The van der Waals surface area contributed by atoms with E-state index in [0.717, 1.165) is 18.6 Å². The van der Waals surface area contributed by atoms with E-state index in [9.17, 15) is 4.79 Å². The highest BCUT2D eigenvalue weighted by Crippen LogP contribution is 2.25. The topological polar surface area (TPSA) is 85.5 Å². The number of aromatic nitrogens is 2. The minimum absolute atomic E-state index is 0.0685. The summed E-state index contributed by atoms with van der Waals surface area (Å²) in [7, 11) is 0. The fourth-order valence-corrected chi connectivity index (χ4v) is 2.34. The number of hydrogen-bond donors (Lipinski definition) is 1. The van der Waals surface area contributed by atoms with Gasteiger partial charge in [0.1, 0.15) is 5.75 Å². The Bertz CT molecular complexity index is 636. The average molecular weight is 274 g/mol. The standard InChI is InChI=1S/C14H14N2O4/c17-14(18)13-16-15-12(20-13)8-19-11-6-5-9-3-1-2-4-10(9)7-11/h5-7H,1-4,8H2,(H,17,18). The van der Waals surface area contributed by atoms with Crippen molar-refractivity contribution in [2.75, 3.05) is 0 Å². The van der Waals surface area contributed by atoms with Crippen molar-refractivity contribution in [2.24, 2.45) is 0 Å². The Kier molecular flexibility index (Phi) is 3.37. The number of ether oxygens (including phenoxy) is 1. The maximum atomic E-state index is 10.6. The van der Waals surface area contributed by atoms with E-state index in [0.29, 0.717) is 0 Å². The van der Waals surface area contributed by atoms with Crippen LogP contribution in [-0.4, -0.2) is 21.3 Å². The second-order valence-electron chi connectivity index (χ2n) is 4.73. The number of carboxylic acid groups (broad SMARTS) is 1. The maximum absolute atomic E-state index is 10.6. The zero-order valence-electron chi connectivity index (χ0n) is 10.8. The molecular weight excluding hydrogens is 260 g/mol. The van der Waals surface area contributed by atoms with Gasteiger partial charge in [-0.3, -0.25) is 0 Å². The summed E-state index contributed by atoms with van der Waals surface area (Å²) in [6.45, 7) is 0.0685. The van der Waals surface area contributed by atoms with Crippen LogP contribution in [0.4, 0.5) is 0 Å². The Morgan fingerprint density at radius 3 is 2.80 bits per heavy atom. The number of hydrogen-bond acceptors (Lipinski definition) is 5. The normalized spacial score (nSPS) is 13.8. The molecule has 2 aromatic rings. The molecule has 0 saturated heterocycles. The summed E-state index contributed by atoms with van der Waals surface area (Å²) in [4.78, 5) is 10.6. The summed E-state index contributed by atoms with van der Waals surface area (Å²) in [6, 6.07) is 6.03. The molecule has 1 N–H and O–H groups in total. The number of benzene rings is 1. The Morgan fingerprint density at radius 2 is 2.05 bits per heavy atom. The van der Waals surface area contributed by atoms with E-state index in [2.05, 4.69) is 16.3 Å². The molecule has 0 aliphatic heterocycles. The molecule has 20 heavy (non-hydrogen) atoms. The number of fused-ring (bicyclic) bond motifs is 1. The fourth-order valence-electron chi connectivity index (χ4n) is 2.34. The fraction of sp³-hybridized carbons (Fsp3) is 0.357. The molecule has 0 bridgehead atoms. The smallest absolute Gasteiger partial charge is 0.393 e. The second-order valence-corrected chi connectivity index (χ2v) is 4.73. The van der Waals surface area contributed by atoms with E-state index in [1.807, 2.05) is 12.1 Å². The predicted molar refractivity (Wildman–Crippen MR) is 68.7 cm³/mol. The van der Waals surface area contributed by atoms with Crippen molar-refractivity contribution in [1.29, 1.82) is 0 Å². The number of aromatic carboxylic acids is 1. The molecule has 0 radical (unpaired) electrons. The Balaban J connectivity index is 1.67. The van der Waals surface area contributed by atoms with Gasteiger partial charge in [0.15, 0.2) is 6.61 Å². The zero-order valence-corrected chi connectivity index (χ0v) is 10.8. The van der Waals surface area contributed by atoms with E-state index in [4.69, 9.17) is 14.3 Å². The lowest BCUT2D eigenvalue weighted by Gasteiger charge is -2.16. The lowest BCUT2D eigenvalue weighted by Crippen LogP contribution is -2.03. The van der Waals surface area contributed by atoms with E-state index in [1.165, 1.54) is 24.0 Å². The third kappa shape index (κ3) is 2.64. The van der Waals surface area contributed by atoms with Gasteiger partial charge in [-0.15, -0.1) is 10.2 Å². The molecule has 104 valence electrons. The van der Waals surface area contributed by atoms with Gasteiger partial charge in [0.05, 0.1) is 0 Å². The molecule has 0 fully saturated rings. The third-order valence-corrected chi connectivity index (χ3v) is 3.33. The highest BCUT2D eigenvalue weighted by molar-refractivity contribution is 5.81. The highest BCUT2D eigenvalue weighted by Gasteiger charge is 2.14. The van der Waals surface area contributed by atoms with Crippen LogP contribution in [0.25, 0.3) is 0 Å². The van der Waals surface area contributed by atoms with Gasteiger partial charge in [-0.1, -0.05) is 6.07 Å². The van der Waals surface area contributed by atoms with Crippen LogP contribution in [0.3, 0.4) is 0 Å². The second kappa shape index (κ2) is 5.32. The maximum Gasteiger partial charge on any atom is 0.393 e. The summed E-state index contributed by atoms with van der Waals surface area (Å²) >= 11 is 0. The summed E-state index contributed by atoms with van der Waals surface area (Å²) in [5.41, 5.74) is 2.71. The monoisotopic (exact) mass is 274 g/mol. The lowest BCUT2D eigenvalue weighted by atomic mass is 9.92. The molecule has 1 aliphatic rings. The van der Waals surface area contributed by atoms with E-state index < -0.39 is 11.9 Å². The highest BCUT2D eigenvalue weighted by atomic mass is 16.5. The molecule has 0 unspecified atom stereocenters. The van der Waals surface area contributed by atoms with Crippen molar-refractivity contribution in [3.63, 3.8) is 0 Å². The summed E-state index contributed by atoms with van der Waals surface area (Å²) in [5, 5.41) is 15.7. The van der Waals surface area contributed by atoms with Crippen molar-refractivity contribution in [2.45, 2.75) is 32.3 Å². The van der Waals surface area contributed by atoms with Gasteiger partial charge in [-0.05, 0) is 48.9 Å². The molecule has 0 atom stereocenters. The van der Waals surface area contributed by atoms with Crippen LogP contribution in [0.15, 0.2) is 22.6 Å². The summed E-state index contributed by atoms with van der Waals surface area (Å²) in [6.07, 6.45) is 4.66. The Hall–Kier alpha value is -2.37. The van der Waals surface area contributed by atoms with Gasteiger partial charge < -0.3 is 14.3 Å². The average Bonchev–Trinajstić information content (AvgIpc) is 2.94. The van der Waals surface area contributed by atoms with Crippen LogP contribution in [0.5, 0.6) is 5.75 Å². The molecule has 1 aromatic heterocycles. The zero-order chi connectivity index (χ0) is 13.9. The van der Waals surface area contributed by atoms with Gasteiger partial charge >= 0.3 is 11.9 Å². The van der Waals surface area contributed by atoms with E-state index in [-0.39, 0.29) is 12.5 Å². The molecule has 6 heteroatoms. The SMILES string of the molecule is O=C(O)c1nnc(COc2ccc3c(c2)CCCC3)o1. The molecule has 6 nitrogen and oxygen atoms in total. The van der Waals surface area contributed by atoms with Gasteiger partial charge in [0.25, 0.3) is 5.89 Å². The van der Waals surface area contributed by atoms with Crippen molar-refractivity contribution >= 4 is 5.97 Å². The molecular formula is C14H14N2O4. The van der Waals surface area contributed by atoms with Gasteiger partial charge in [-0.2, -0.15) is 0 Å². The van der Waals surface area contributed by atoms with Gasteiger partial charge in [0.2, 0.25) is 0 Å². The van der Waals surface area contributed by atoms with Crippen LogP contribution >= 0.6 is 0 Å². The van der Waals surface area contributed by atoms with Crippen LogP contribution in [0.2, 0.25) is 0 Å². The van der Waals surface area contributed by atoms with Gasteiger partial charge in [0, 0.05) is 0 Å². The first-order valence-electron chi connectivity index (χ1n) is 6.52. The largest absolute Gasteiger partial charge is 0.484 e. The minimum atomic E-state index is -1.24. The summed E-state index contributed by atoms with van der Waals surface area (Å²) < 4.78 is 10.5. The Morgan fingerprint density at radius 1 is 1.25 bits per heavy atom. The number of aryl methyl sites for hydroxylation is 2. The van der Waals surface area contributed by atoms with Crippen molar-refractivity contribution < 1.29 is 19.1 Å². The van der Waals surface area contributed by atoms with Crippen molar-refractivity contribution in [1.82, 2.24) is 10.2 Å². The molecule has 0 amide bonds. The number of rotatable bonds is 4. The molecule has 1 heterocycles. The first kappa shape index (κ1) is 12.7. The van der Waals surface area contributed by atoms with Gasteiger partial charge in [-0.25, -0.2) is 4.79 Å². The van der Waals surface area contributed by atoms with Crippen molar-refractivity contribution in [3.05, 3.63) is 41.1 Å². The number of carbonyl (C=O) groups is 1. The Labute approximate surface area is 115 Å².